The van der Waals surface area contributed by atoms with Gasteiger partial charge >= 0.3 is 5.97 Å². The molecule has 2 atom stereocenters. The van der Waals surface area contributed by atoms with Gasteiger partial charge in [-0.2, -0.15) is 0 Å². The number of hydrogen-bond donors (Lipinski definition) is 3. The van der Waals surface area contributed by atoms with E-state index in [2.05, 4.69) is 55.6 Å². The Bertz CT molecular complexity index is 1080. The van der Waals surface area contributed by atoms with Crippen LogP contribution in [0.4, 0.5) is 0 Å². The fourth-order valence-corrected chi connectivity index (χ4v) is 8.25. The molecule has 0 bridgehead atoms. The smallest absolute Gasteiger partial charge is 0.305 e. The molecule has 6 nitrogen and oxygen atoms in total. The fourth-order valence-electron chi connectivity index (χ4n) is 8.25. The molecule has 374 valence electrons. The van der Waals surface area contributed by atoms with Gasteiger partial charge in [0.2, 0.25) is 5.91 Å². The van der Waals surface area contributed by atoms with Crippen LogP contribution in [-0.4, -0.2) is 47.4 Å². The van der Waals surface area contributed by atoms with Crippen LogP contribution in [0.5, 0.6) is 0 Å². The molecular formula is C58H107NO5. The van der Waals surface area contributed by atoms with Crippen LogP contribution in [0.1, 0.15) is 284 Å². The first-order valence-electron chi connectivity index (χ1n) is 27.9. The number of hydrogen-bond acceptors (Lipinski definition) is 5. The van der Waals surface area contributed by atoms with Gasteiger partial charge in [-0.25, -0.2) is 0 Å². The Hall–Kier alpha value is -2.18. The molecule has 0 spiro atoms. The van der Waals surface area contributed by atoms with Gasteiger partial charge in [0.05, 0.1) is 25.4 Å². The van der Waals surface area contributed by atoms with Crippen LogP contribution >= 0.6 is 0 Å². The third-order valence-corrected chi connectivity index (χ3v) is 12.6. The minimum absolute atomic E-state index is 0.0425. The van der Waals surface area contributed by atoms with Gasteiger partial charge in [-0.1, -0.05) is 229 Å². The second-order valence-electron chi connectivity index (χ2n) is 18.9. The topological polar surface area (TPSA) is 95.9 Å². The van der Waals surface area contributed by atoms with Crippen LogP contribution in [0, 0.1) is 0 Å². The first-order chi connectivity index (χ1) is 31.5. The maximum atomic E-state index is 12.4. The summed E-state index contributed by atoms with van der Waals surface area (Å²) in [5.74, 6) is -0.146. The zero-order chi connectivity index (χ0) is 46.5. The van der Waals surface area contributed by atoms with Gasteiger partial charge in [0.15, 0.2) is 0 Å². The second-order valence-corrected chi connectivity index (χ2v) is 18.9. The van der Waals surface area contributed by atoms with Crippen LogP contribution < -0.4 is 5.32 Å². The van der Waals surface area contributed by atoms with Crippen LogP contribution in [-0.2, 0) is 14.3 Å². The molecular weight excluding hydrogens is 791 g/mol. The summed E-state index contributed by atoms with van der Waals surface area (Å²) in [7, 11) is 0. The summed E-state index contributed by atoms with van der Waals surface area (Å²) < 4.78 is 5.45. The van der Waals surface area contributed by atoms with Gasteiger partial charge in [0.1, 0.15) is 0 Å². The number of rotatable bonds is 51. The highest BCUT2D eigenvalue weighted by molar-refractivity contribution is 5.76. The van der Waals surface area contributed by atoms with Gasteiger partial charge in [-0.15, -0.1) is 0 Å². The Kier molecular flexibility index (Phi) is 51.6. The predicted molar refractivity (Wildman–Crippen MR) is 278 cm³/mol. The molecule has 0 rings (SSSR count). The molecule has 3 N–H and O–H groups in total. The Labute approximate surface area is 397 Å². The molecule has 0 aliphatic heterocycles. The summed E-state index contributed by atoms with van der Waals surface area (Å²) in [6.07, 6.45) is 66.9. The van der Waals surface area contributed by atoms with Crippen molar-refractivity contribution < 1.29 is 24.5 Å². The van der Waals surface area contributed by atoms with E-state index in [1.54, 1.807) is 6.08 Å². The first-order valence-corrected chi connectivity index (χ1v) is 27.9. The minimum Gasteiger partial charge on any atom is -0.466 e. The first kappa shape index (κ1) is 61.8. The number of allylic oxidation sites excluding steroid dienone is 7. The van der Waals surface area contributed by atoms with Crippen molar-refractivity contribution in [3.63, 3.8) is 0 Å². The van der Waals surface area contributed by atoms with Gasteiger partial charge in [0.25, 0.3) is 0 Å². The van der Waals surface area contributed by atoms with Crippen molar-refractivity contribution in [1.29, 1.82) is 0 Å². The quantitative estimate of drug-likeness (QED) is 0.0321. The van der Waals surface area contributed by atoms with E-state index in [0.717, 1.165) is 83.5 Å². The van der Waals surface area contributed by atoms with Gasteiger partial charge in [-0.05, 0) is 89.9 Å². The third kappa shape index (κ3) is 49.3. The number of aliphatic hydroxyl groups excluding tert-OH is 2. The van der Waals surface area contributed by atoms with Crippen molar-refractivity contribution in [1.82, 2.24) is 5.32 Å². The van der Waals surface area contributed by atoms with E-state index in [1.165, 1.54) is 173 Å². The zero-order valence-electron chi connectivity index (χ0n) is 42.5. The minimum atomic E-state index is -0.868. The summed E-state index contributed by atoms with van der Waals surface area (Å²) in [4.78, 5) is 24.5. The number of esters is 1. The number of ether oxygens (including phenoxy) is 1. The molecule has 0 aromatic rings. The number of nitrogens with one attached hydrogen (secondary N) is 1. The highest BCUT2D eigenvalue weighted by Gasteiger charge is 2.18. The molecule has 0 aliphatic rings. The van der Waals surface area contributed by atoms with Gasteiger partial charge < -0.3 is 20.3 Å². The standard InChI is InChI=1S/C58H107NO5/c1-3-5-7-9-11-13-15-17-19-21-23-25-27-29-31-36-40-44-48-52-58(63)64-53-49-45-41-37-33-32-35-39-43-47-51-57(62)59-55(54-60)56(61)50-46-42-38-34-30-28-26-24-22-20-18-16-14-12-10-8-6-4-2/h11,13,17,19,33,37,46,50,55-56,60-61H,3-10,12,14-16,18,20-32,34-36,38-45,47-49,51-54H2,1-2H3,(H,59,62)/b13-11-,19-17-,37-33-,50-46+. The lowest BCUT2D eigenvalue weighted by molar-refractivity contribution is -0.143. The van der Waals surface area contributed by atoms with E-state index in [4.69, 9.17) is 4.74 Å². The highest BCUT2D eigenvalue weighted by Crippen LogP contribution is 2.16. The summed E-state index contributed by atoms with van der Waals surface area (Å²) in [6, 6.07) is -0.655. The number of carbonyl (C=O) groups excluding carboxylic acids is 2. The summed E-state index contributed by atoms with van der Waals surface area (Å²) in [5.41, 5.74) is 0. The molecule has 0 aromatic carbocycles. The average Bonchev–Trinajstić information content (AvgIpc) is 3.29. The number of aliphatic hydroxyl groups is 2. The van der Waals surface area contributed by atoms with Crippen molar-refractivity contribution in [2.45, 2.75) is 296 Å². The maximum Gasteiger partial charge on any atom is 0.305 e. The van der Waals surface area contributed by atoms with Crippen LogP contribution in [0.2, 0.25) is 0 Å². The van der Waals surface area contributed by atoms with Crippen LogP contribution in [0.3, 0.4) is 0 Å². The van der Waals surface area contributed by atoms with Gasteiger partial charge in [-0.3, -0.25) is 9.59 Å². The SMILES string of the molecule is CCCCC/C=C\C/C=C\CCCCCCCCCCCC(=O)OCCCC/C=C\CCCCCCC(=O)NC(CO)C(O)/C=C/CCCCCCCCCCCCCCCCCC. The number of amides is 1. The monoisotopic (exact) mass is 898 g/mol. The van der Waals surface area contributed by atoms with E-state index < -0.39 is 12.1 Å². The largest absolute Gasteiger partial charge is 0.466 e. The predicted octanol–water partition coefficient (Wildman–Crippen LogP) is 17.0. The lowest BCUT2D eigenvalue weighted by Gasteiger charge is -2.20. The van der Waals surface area contributed by atoms with Crippen molar-refractivity contribution in [3.05, 3.63) is 48.6 Å². The third-order valence-electron chi connectivity index (χ3n) is 12.6. The molecule has 0 saturated heterocycles. The zero-order valence-corrected chi connectivity index (χ0v) is 42.5. The van der Waals surface area contributed by atoms with Crippen molar-refractivity contribution in [3.8, 4) is 0 Å². The van der Waals surface area contributed by atoms with Gasteiger partial charge in [0, 0.05) is 12.8 Å². The van der Waals surface area contributed by atoms with E-state index in [-0.39, 0.29) is 18.5 Å². The lowest BCUT2D eigenvalue weighted by Crippen LogP contribution is -2.45. The van der Waals surface area contributed by atoms with E-state index in [1.807, 2.05) is 6.08 Å². The Balaban J connectivity index is 3.55. The molecule has 0 aromatic heterocycles. The molecule has 0 radical (unpaired) electrons. The molecule has 1 amide bonds. The Morgan fingerprint density at radius 2 is 0.781 bits per heavy atom. The average molecular weight is 898 g/mol. The Morgan fingerprint density at radius 3 is 1.23 bits per heavy atom. The molecule has 0 aliphatic carbocycles. The van der Waals surface area contributed by atoms with E-state index >= 15 is 0 Å². The molecule has 6 heteroatoms. The second kappa shape index (κ2) is 53.4. The molecule has 2 unspecified atom stereocenters. The van der Waals surface area contributed by atoms with Crippen molar-refractivity contribution in [2.75, 3.05) is 13.2 Å². The number of carbonyl (C=O) groups is 2. The molecule has 0 saturated carbocycles. The summed E-state index contributed by atoms with van der Waals surface area (Å²) >= 11 is 0. The molecule has 0 fully saturated rings. The van der Waals surface area contributed by atoms with E-state index in [0.29, 0.717) is 19.4 Å². The lowest BCUT2D eigenvalue weighted by atomic mass is 10.0. The number of unbranched alkanes of at least 4 members (excludes halogenated alkanes) is 34. The molecule has 0 heterocycles. The highest BCUT2D eigenvalue weighted by atomic mass is 16.5. The maximum absolute atomic E-state index is 12.4. The summed E-state index contributed by atoms with van der Waals surface area (Å²) in [5, 5.41) is 23.1. The van der Waals surface area contributed by atoms with E-state index in [9.17, 15) is 19.8 Å². The summed E-state index contributed by atoms with van der Waals surface area (Å²) in [6.45, 7) is 4.79. The van der Waals surface area contributed by atoms with Crippen LogP contribution in [0.15, 0.2) is 48.6 Å². The Morgan fingerprint density at radius 1 is 0.438 bits per heavy atom. The molecule has 64 heavy (non-hydrogen) atoms. The normalized spacial score (nSPS) is 13.0. The van der Waals surface area contributed by atoms with Crippen molar-refractivity contribution >= 4 is 11.9 Å². The van der Waals surface area contributed by atoms with Crippen molar-refractivity contribution in [2.24, 2.45) is 0 Å². The van der Waals surface area contributed by atoms with Crippen LogP contribution in [0.25, 0.3) is 0 Å². The fraction of sp³-hybridized carbons (Fsp3) is 0.828.